The van der Waals surface area contributed by atoms with Crippen LogP contribution in [0.15, 0.2) is 22.8 Å². The van der Waals surface area contributed by atoms with Crippen LogP contribution in [0.3, 0.4) is 0 Å². The van der Waals surface area contributed by atoms with Gasteiger partial charge < -0.3 is 9.73 Å². The Morgan fingerprint density at radius 2 is 2.35 bits per heavy atom. The maximum Gasteiger partial charge on any atom is 0.113 e. The van der Waals surface area contributed by atoms with Crippen molar-refractivity contribution in [3.63, 3.8) is 0 Å². The summed E-state index contributed by atoms with van der Waals surface area (Å²) in [6.07, 6.45) is 5.76. The molecular weight excluding hydrogens is 230 g/mol. The molecule has 2 atom stereocenters. The van der Waals surface area contributed by atoms with Gasteiger partial charge in [0.25, 0.3) is 0 Å². The first-order valence-electron chi connectivity index (χ1n) is 6.45. The third kappa shape index (κ3) is 3.08. The maximum atomic E-state index is 5.40. The molecule has 0 spiro atoms. The van der Waals surface area contributed by atoms with Crippen molar-refractivity contribution in [1.82, 2.24) is 5.32 Å². The lowest BCUT2D eigenvalue weighted by atomic mass is 9.73. The summed E-state index contributed by atoms with van der Waals surface area (Å²) in [5.74, 6) is 2.08. The van der Waals surface area contributed by atoms with Crippen molar-refractivity contribution in [2.45, 2.75) is 50.2 Å². The summed E-state index contributed by atoms with van der Waals surface area (Å²) in [5, 5.41) is 4.23. The van der Waals surface area contributed by atoms with E-state index in [0.717, 1.165) is 11.5 Å². The molecule has 0 amide bonds. The lowest BCUT2D eigenvalue weighted by Crippen LogP contribution is -2.50. The second-order valence-electron chi connectivity index (χ2n) is 5.58. The van der Waals surface area contributed by atoms with Gasteiger partial charge in [-0.15, -0.1) is 11.8 Å². The topological polar surface area (TPSA) is 25.2 Å². The van der Waals surface area contributed by atoms with Crippen molar-refractivity contribution in [3.8, 4) is 0 Å². The maximum absolute atomic E-state index is 5.40. The van der Waals surface area contributed by atoms with Crippen LogP contribution in [0, 0.1) is 5.41 Å². The zero-order valence-electron chi connectivity index (χ0n) is 11.0. The highest BCUT2D eigenvalue weighted by molar-refractivity contribution is 7.99. The van der Waals surface area contributed by atoms with E-state index < -0.39 is 0 Å². The number of hydrogen-bond acceptors (Lipinski definition) is 3. The molecule has 1 heterocycles. The second kappa shape index (κ2) is 5.49. The molecule has 0 radical (unpaired) electrons. The first-order chi connectivity index (χ1) is 8.13. The number of hydrogen-bond donors (Lipinski definition) is 1. The van der Waals surface area contributed by atoms with Crippen LogP contribution in [0.5, 0.6) is 0 Å². The lowest BCUT2D eigenvalue weighted by Gasteiger charge is -2.43. The Balaban J connectivity index is 1.94. The number of thioether (sulfide) groups is 1. The van der Waals surface area contributed by atoms with Gasteiger partial charge in [0.05, 0.1) is 12.0 Å². The summed E-state index contributed by atoms with van der Waals surface area (Å²) >= 11 is 2.03. The molecule has 1 N–H and O–H groups in total. The predicted octanol–water partition coefficient (Wildman–Crippen LogP) is 3.68. The van der Waals surface area contributed by atoms with Crippen LogP contribution < -0.4 is 5.32 Å². The van der Waals surface area contributed by atoms with Gasteiger partial charge in [-0.25, -0.2) is 0 Å². The first-order valence-corrected chi connectivity index (χ1v) is 7.49. The minimum absolute atomic E-state index is 0.411. The van der Waals surface area contributed by atoms with E-state index in [9.17, 15) is 0 Å². The van der Waals surface area contributed by atoms with E-state index in [1.807, 2.05) is 17.8 Å². The van der Waals surface area contributed by atoms with Gasteiger partial charge in [0.1, 0.15) is 5.76 Å². The largest absolute Gasteiger partial charge is 0.468 e. The fourth-order valence-corrected chi connectivity index (χ4v) is 4.50. The average Bonchev–Trinajstić information content (AvgIpc) is 2.78. The van der Waals surface area contributed by atoms with Crippen LogP contribution in [0.4, 0.5) is 0 Å². The van der Waals surface area contributed by atoms with Crippen LogP contribution in [-0.2, 0) is 5.75 Å². The molecule has 17 heavy (non-hydrogen) atoms. The Bertz CT molecular complexity index is 334. The Hall–Kier alpha value is -0.410. The molecule has 1 fully saturated rings. The Morgan fingerprint density at radius 3 is 3.00 bits per heavy atom. The molecule has 2 rings (SSSR count). The van der Waals surface area contributed by atoms with Crippen LogP contribution in [0.25, 0.3) is 0 Å². The Morgan fingerprint density at radius 1 is 1.53 bits per heavy atom. The summed E-state index contributed by atoms with van der Waals surface area (Å²) < 4.78 is 5.40. The molecular formula is C14H23NOS. The normalized spacial score (nSPS) is 28.2. The Kier molecular flexibility index (Phi) is 4.21. The van der Waals surface area contributed by atoms with Gasteiger partial charge in [-0.05, 0) is 37.4 Å². The van der Waals surface area contributed by atoms with E-state index in [1.165, 1.54) is 19.3 Å². The van der Waals surface area contributed by atoms with Gasteiger partial charge in [0.15, 0.2) is 0 Å². The van der Waals surface area contributed by atoms with Gasteiger partial charge in [-0.3, -0.25) is 0 Å². The monoisotopic (exact) mass is 253 g/mol. The highest BCUT2D eigenvalue weighted by Gasteiger charge is 2.38. The smallest absolute Gasteiger partial charge is 0.113 e. The summed E-state index contributed by atoms with van der Waals surface area (Å²) in [6.45, 7) is 4.77. The van der Waals surface area contributed by atoms with Crippen molar-refractivity contribution in [2.24, 2.45) is 5.41 Å². The first kappa shape index (κ1) is 13.0. The number of nitrogens with one attached hydrogen (secondary N) is 1. The fraction of sp³-hybridized carbons (Fsp3) is 0.714. The highest BCUT2D eigenvalue weighted by atomic mass is 32.2. The molecule has 1 aliphatic carbocycles. The van der Waals surface area contributed by atoms with E-state index in [-0.39, 0.29) is 0 Å². The van der Waals surface area contributed by atoms with Crippen molar-refractivity contribution < 1.29 is 4.42 Å². The summed E-state index contributed by atoms with van der Waals surface area (Å²) in [7, 11) is 2.10. The van der Waals surface area contributed by atoms with Crippen LogP contribution in [0.1, 0.15) is 38.9 Å². The second-order valence-corrected chi connectivity index (χ2v) is 6.80. The lowest BCUT2D eigenvalue weighted by molar-refractivity contribution is 0.182. The van der Waals surface area contributed by atoms with Crippen LogP contribution >= 0.6 is 11.8 Å². The van der Waals surface area contributed by atoms with E-state index >= 15 is 0 Å². The molecule has 1 aromatic heterocycles. The molecule has 2 nitrogen and oxygen atoms in total. The quantitative estimate of drug-likeness (QED) is 0.886. The van der Waals surface area contributed by atoms with E-state index in [2.05, 4.69) is 32.3 Å². The van der Waals surface area contributed by atoms with E-state index in [1.54, 1.807) is 6.26 Å². The number of furan rings is 1. The van der Waals surface area contributed by atoms with E-state index in [0.29, 0.717) is 16.7 Å². The summed E-state index contributed by atoms with van der Waals surface area (Å²) in [5.41, 5.74) is 0.411. The van der Waals surface area contributed by atoms with Crippen molar-refractivity contribution in [1.29, 1.82) is 0 Å². The molecule has 0 bridgehead atoms. The predicted molar refractivity (Wildman–Crippen MR) is 74.3 cm³/mol. The highest BCUT2D eigenvalue weighted by Crippen LogP contribution is 2.41. The minimum Gasteiger partial charge on any atom is -0.468 e. The van der Waals surface area contributed by atoms with Crippen molar-refractivity contribution >= 4 is 11.8 Å². The zero-order chi connectivity index (χ0) is 12.3. The molecule has 1 aromatic rings. The third-order valence-electron chi connectivity index (χ3n) is 3.85. The van der Waals surface area contributed by atoms with Gasteiger partial charge in [0, 0.05) is 11.3 Å². The molecule has 0 aliphatic heterocycles. The van der Waals surface area contributed by atoms with Gasteiger partial charge in [-0.2, -0.15) is 0 Å². The minimum atomic E-state index is 0.411. The third-order valence-corrected chi connectivity index (χ3v) is 5.24. The molecule has 1 saturated carbocycles. The molecule has 96 valence electrons. The van der Waals surface area contributed by atoms with Gasteiger partial charge >= 0.3 is 0 Å². The number of rotatable bonds is 4. The van der Waals surface area contributed by atoms with E-state index in [4.69, 9.17) is 4.42 Å². The molecule has 1 aliphatic rings. The van der Waals surface area contributed by atoms with Gasteiger partial charge in [0.2, 0.25) is 0 Å². The SMILES string of the molecule is CNC1C(SCc2ccco2)CCCC1(C)C. The fourth-order valence-electron chi connectivity index (χ4n) is 2.92. The average molecular weight is 253 g/mol. The molecule has 2 unspecified atom stereocenters. The zero-order valence-corrected chi connectivity index (χ0v) is 11.8. The van der Waals surface area contributed by atoms with Crippen molar-refractivity contribution in [3.05, 3.63) is 24.2 Å². The Labute approximate surface area is 109 Å². The van der Waals surface area contributed by atoms with Crippen molar-refractivity contribution in [2.75, 3.05) is 7.05 Å². The standard InChI is InChI=1S/C14H23NOS/c1-14(2)8-4-7-12(13(14)15-3)17-10-11-6-5-9-16-11/h5-6,9,12-13,15H,4,7-8,10H2,1-3H3. The summed E-state index contributed by atoms with van der Waals surface area (Å²) in [4.78, 5) is 0. The van der Waals surface area contributed by atoms with Crippen LogP contribution in [0.2, 0.25) is 0 Å². The van der Waals surface area contributed by atoms with Gasteiger partial charge in [-0.1, -0.05) is 20.3 Å². The molecule has 0 saturated heterocycles. The van der Waals surface area contributed by atoms with Crippen LogP contribution in [-0.4, -0.2) is 18.3 Å². The summed E-state index contributed by atoms with van der Waals surface area (Å²) in [6, 6.07) is 4.64. The molecule has 0 aromatic carbocycles. The molecule has 3 heteroatoms.